The molecule has 1 aromatic heterocycles. The van der Waals surface area contributed by atoms with Crippen LogP contribution < -0.4 is 5.56 Å². The third-order valence-corrected chi connectivity index (χ3v) is 3.58. The first-order valence-corrected chi connectivity index (χ1v) is 6.08. The molecule has 0 radical (unpaired) electrons. The standard InChI is InChI=1S/C10H11F3N2O5S/c11-10(12,13)9(3-16)6(19)5(18)7(20-9)15-2-1-4(17)14-8(15)21/h1-2,5-7,16,18-19H,3H2,(H,14,17,21)/t5-,6+,7-,9-/m1/s1. The molecule has 0 spiro atoms. The van der Waals surface area contributed by atoms with E-state index in [1.807, 2.05) is 0 Å². The van der Waals surface area contributed by atoms with Crippen LogP contribution in [0.2, 0.25) is 0 Å². The quantitative estimate of drug-likeness (QED) is 0.543. The molecule has 0 unspecified atom stereocenters. The SMILES string of the molecule is O=c1ccn([C@@H]2O[C@@](CO)(C(F)(F)F)[C@@H](O)[C@H]2O)c(=S)[nH]1. The number of nitrogens with zero attached hydrogens (tertiary/aromatic N) is 1. The highest BCUT2D eigenvalue weighted by Gasteiger charge is 2.68. The predicted octanol–water partition coefficient (Wildman–Crippen LogP) is -0.550. The molecule has 11 heteroatoms. The molecule has 1 saturated heterocycles. The van der Waals surface area contributed by atoms with Crippen molar-refractivity contribution in [3.63, 3.8) is 0 Å². The summed E-state index contributed by atoms with van der Waals surface area (Å²) in [6.45, 7) is -1.58. The van der Waals surface area contributed by atoms with E-state index in [0.29, 0.717) is 0 Å². The van der Waals surface area contributed by atoms with Crippen molar-refractivity contribution in [3.8, 4) is 0 Å². The summed E-state index contributed by atoms with van der Waals surface area (Å²) in [6, 6.07) is 0.963. The number of aliphatic hydroxyl groups excluding tert-OH is 3. The molecule has 1 aliphatic rings. The zero-order chi connectivity index (χ0) is 16.0. The van der Waals surface area contributed by atoms with Gasteiger partial charge in [-0.15, -0.1) is 0 Å². The molecule has 4 N–H and O–H groups in total. The molecule has 1 fully saturated rings. The Balaban J connectivity index is 2.49. The van der Waals surface area contributed by atoms with Crippen LogP contribution in [0.5, 0.6) is 0 Å². The molecule has 2 heterocycles. The lowest BCUT2D eigenvalue weighted by Crippen LogP contribution is -2.57. The van der Waals surface area contributed by atoms with Crippen molar-refractivity contribution in [1.82, 2.24) is 9.55 Å². The van der Waals surface area contributed by atoms with E-state index in [-0.39, 0.29) is 4.77 Å². The van der Waals surface area contributed by atoms with Gasteiger partial charge in [-0.05, 0) is 12.2 Å². The molecule has 0 saturated carbocycles. The summed E-state index contributed by atoms with van der Waals surface area (Å²) >= 11 is 4.76. The monoisotopic (exact) mass is 328 g/mol. The number of hydrogen-bond acceptors (Lipinski definition) is 6. The second-order valence-electron chi connectivity index (χ2n) is 4.51. The summed E-state index contributed by atoms with van der Waals surface area (Å²) in [5.74, 6) is 0. The van der Waals surface area contributed by atoms with Gasteiger partial charge in [-0.3, -0.25) is 14.3 Å². The highest BCUT2D eigenvalue weighted by atomic mass is 32.1. The second-order valence-corrected chi connectivity index (χ2v) is 4.89. The zero-order valence-corrected chi connectivity index (χ0v) is 11.1. The molecule has 1 aliphatic heterocycles. The van der Waals surface area contributed by atoms with E-state index in [2.05, 4.69) is 4.98 Å². The molecule has 7 nitrogen and oxygen atoms in total. The maximum Gasteiger partial charge on any atom is 0.422 e. The highest BCUT2D eigenvalue weighted by molar-refractivity contribution is 7.71. The Labute approximate surface area is 120 Å². The molecular formula is C10H11F3N2O5S. The lowest BCUT2D eigenvalue weighted by molar-refractivity contribution is -0.305. The van der Waals surface area contributed by atoms with Crippen LogP contribution in [0.3, 0.4) is 0 Å². The maximum atomic E-state index is 13.0. The predicted molar refractivity (Wildman–Crippen MR) is 63.9 cm³/mol. The normalized spacial score (nSPS) is 33.3. The Morgan fingerprint density at radius 3 is 2.52 bits per heavy atom. The number of nitrogens with one attached hydrogen (secondary N) is 1. The van der Waals surface area contributed by atoms with Gasteiger partial charge in [0.15, 0.2) is 11.0 Å². The number of aromatic amines is 1. The number of halogens is 3. The summed E-state index contributed by atoms with van der Waals surface area (Å²) in [5.41, 5.74) is -3.92. The number of aromatic nitrogens is 2. The fraction of sp³-hybridized carbons (Fsp3) is 0.600. The van der Waals surface area contributed by atoms with Crippen molar-refractivity contribution in [2.75, 3.05) is 6.61 Å². The third kappa shape index (κ3) is 2.40. The van der Waals surface area contributed by atoms with Crippen LogP contribution in [0.4, 0.5) is 13.2 Å². The summed E-state index contributed by atoms with van der Waals surface area (Å²) in [4.78, 5) is 13.2. The lowest BCUT2D eigenvalue weighted by Gasteiger charge is -2.31. The summed E-state index contributed by atoms with van der Waals surface area (Å²) in [7, 11) is 0. The number of hydrogen-bond donors (Lipinski definition) is 4. The molecule has 21 heavy (non-hydrogen) atoms. The molecule has 0 amide bonds. The van der Waals surface area contributed by atoms with Crippen LogP contribution >= 0.6 is 12.2 Å². The fourth-order valence-electron chi connectivity index (χ4n) is 2.09. The van der Waals surface area contributed by atoms with Crippen LogP contribution in [0.1, 0.15) is 6.23 Å². The van der Waals surface area contributed by atoms with Crippen LogP contribution in [-0.2, 0) is 4.74 Å². The summed E-state index contributed by atoms with van der Waals surface area (Å²) in [6.07, 6.45) is -10.2. The maximum absolute atomic E-state index is 13.0. The van der Waals surface area contributed by atoms with Gasteiger partial charge in [0.05, 0.1) is 6.61 Å². The topological polar surface area (TPSA) is 108 Å². The third-order valence-electron chi connectivity index (χ3n) is 3.26. The Morgan fingerprint density at radius 2 is 2.10 bits per heavy atom. The van der Waals surface area contributed by atoms with Gasteiger partial charge in [0.25, 0.3) is 5.56 Å². The first-order valence-electron chi connectivity index (χ1n) is 5.67. The van der Waals surface area contributed by atoms with Gasteiger partial charge in [0.2, 0.25) is 5.60 Å². The van der Waals surface area contributed by atoms with Crippen LogP contribution in [-0.4, -0.2) is 55.5 Å². The minimum atomic E-state index is -5.12. The highest BCUT2D eigenvalue weighted by Crippen LogP contribution is 2.46. The molecule has 0 aromatic carbocycles. The smallest absolute Gasteiger partial charge is 0.393 e. The van der Waals surface area contributed by atoms with Gasteiger partial charge in [0, 0.05) is 12.3 Å². The number of aliphatic hydroxyl groups is 3. The van der Waals surface area contributed by atoms with Gasteiger partial charge in [-0.1, -0.05) is 0 Å². The number of H-pyrrole nitrogens is 1. The van der Waals surface area contributed by atoms with Gasteiger partial charge in [-0.2, -0.15) is 13.2 Å². The zero-order valence-electron chi connectivity index (χ0n) is 10.2. The molecule has 0 bridgehead atoms. The van der Waals surface area contributed by atoms with Crippen molar-refractivity contribution in [3.05, 3.63) is 27.4 Å². The van der Waals surface area contributed by atoms with E-state index in [9.17, 15) is 28.2 Å². The van der Waals surface area contributed by atoms with Crippen LogP contribution in [0.15, 0.2) is 17.1 Å². The van der Waals surface area contributed by atoms with Gasteiger partial charge in [-0.25, -0.2) is 0 Å². The largest absolute Gasteiger partial charge is 0.422 e. The average molecular weight is 328 g/mol. The van der Waals surface area contributed by atoms with Gasteiger partial charge in [0.1, 0.15) is 12.2 Å². The van der Waals surface area contributed by atoms with E-state index in [4.69, 9.17) is 22.1 Å². The fourth-order valence-corrected chi connectivity index (χ4v) is 2.36. The van der Waals surface area contributed by atoms with Gasteiger partial charge < -0.3 is 20.1 Å². The number of rotatable bonds is 2. The lowest BCUT2D eigenvalue weighted by atomic mass is 9.95. The van der Waals surface area contributed by atoms with Crippen molar-refractivity contribution in [2.45, 2.75) is 30.2 Å². The van der Waals surface area contributed by atoms with E-state index in [0.717, 1.165) is 16.8 Å². The van der Waals surface area contributed by atoms with Gasteiger partial charge >= 0.3 is 6.18 Å². The van der Waals surface area contributed by atoms with Crippen molar-refractivity contribution in [2.24, 2.45) is 0 Å². The number of ether oxygens (including phenoxy) is 1. The Hall–Kier alpha value is -1.27. The Morgan fingerprint density at radius 1 is 1.48 bits per heavy atom. The number of alkyl halides is 3. The Kier molecular flexibility index (Phi) is 3.97. The minimum Gasteiger partial charge on any atom is -0.393 e. The summed E-state index contributed by atoms with van der Waals surface area (Å²) < 4.78 is 44.4. The molecular weight excluding hydrogens is 317 g/mol. The summed E-state index contributed by atoms with van der Waals surface area (Å²) in [5, 5.41) is 28.4. The average Bonchev–Trinajstić information content (AvgIpc) is 2.63. The Bertz CT molecular complexity index is 645. The van der Waals surface area contributed by atoms with Crippen molar-refractivity contribution in [1.29, 1.82) is 0 Å². The molecule has 1 aromatic rings. The first kappa shape index (κ1) is 16.1. The van der Waals surface area contributed by atoms with E-state index >= 15 is 0 Å². The molecule has 2 rings (SSSR count). The van der Waals surface area contributed by atoms with Crippen LogP contribution in [0.25, 0.3) is 0 Å². The second kappa shape index (κ2) is 5.18. The molecule has 0 aliphatic carbocycles. The van der Waals surface area contributed by atoms with Crippen LogP contribution in [0, 0.1) is 4.77 Å². The molecule has 4 atom stereocenters. The first-order chi connectivity index (χ1) is 9.64. The van der Waals surface area contributed by atoms with Crippen molar-refractivity contribution < 1.29 is 33.2 Å². The van der Waals surface area contributed by atoms with E-state index in [1.165, 1.54) is 0 Å². The minimum absolute atomic E-state index is 0.297. The van der Waals surface area contributed by atoms with Crippen molar-refractivity contribution >= 4 is 12.2 Å². The molecule has 118 valence electrons. The van der Waals surface area contributed by atoms with E-state index in [1.54, 1.807) is 0 Å². The van der Waals surface area contributed by atoms with E-state index < -0.39 is 42.4 Å².